The van der Waals surface area contributed by atoms with Crippen LogP contribution in [0.3, 0.4) is 0 Å². The molecule has 0 bridgehead atoms. The van der Waals surface area contributed by atoms with Crippen LogP contribution in [-0.2, 0) is 0 Å². The van der Waals surface area contributed by atoms with Gasteiger partial charge < -0.3 is 14.2 Å². The molecule has 0 unspecified atom stereocenters. The topological polar surface area (TPSA) is 62.7 Å². The second-order valence-electron chi connectivity index (χ2n) is 7.86. The van der Waals surface area contributed by atoms with E-state index in [1.54, 1.807) is 6.08 Å². The lowest BCUT2D eigenvalue weighted by Crippen LogP contribution is -2.33. The van der Waals surface area contributed by atoms with E-state index in [2.05, 4.69) is 52.8 Å². The van der Waals surface area contributed by atoms with Gasteiger partial charge in [0, 0.05) is 34.5 Å². The highest BCUT2D eigenvalue weighted by molar-refractivity contribution is 7.80. The molecule has 6 heteroatoms. The Kier molecular flexibility index (Phi) is 5.97. The van der Waals surface area contributed by atoms with Crippen molar-refractivity contribution in [3.8, 4) is 22.3 Å². The van der Waals surface area contributed by atoms with Crippen molar-refractivity contribution in [1.82, 2.24) is 10.7 Å². The van der Waals surface area contributed by atoms with Crippen molar-refractivity contribution in [2.45, 2.75) is 6.92 Å². The minimum Gasteiger partial charge on any atom is -0.463 e. The first-order chi connectivity index (χ1) is 16.7. The van der Waals surface area contributed by atoms with Crippen LogP contribution in [-0.4, -0.2) is 11.7 Å². The molecule has 2 N–H and O–H groups in total. The summed E-state index contributed by atoms with van der Waals surface area (Å²) < 4.78 is 12.3. The molecule has 0 aliphatic heterocycles. The van der Waals surface area contributed by atoms with E-state index >= 15 is 0 Å². The van der Waals surface area contributed by atoms with Gasteiger partial charge in [-0.25, -0.2) is 0 Å². The van der Waals surface area contributed by atoms with Gasteiger partial charge in [0.2, 0.25) is 5.55 Å². The SMILES string of the molecule is C=CCNC(=S)N/N=c1/cc(-c2ccccc2)c2cc3c(-c4ccccc4)coc3c(C)c2o1. The Morgan fingerprint density at radius 3 is 2.26 bits per heavy atom. The molecule has 0 saturated heterocycles. The zero-order valence-corrected chi connectivity index (χ0v) is 19.5. The standard InChI is InChI=1S/C28H23N3O2S/c1-3-14-29-28(34)31-30-25-16-21(19-10-6-4-7-11-19)22-15-23-24(20-12-8-5-9-13-20)17-32-26(23)18(2)27(22)33-25/h3-13,15-17H,1,14H2,2H3,(H2,29,31,34)/b30-25-. The van der Waals surface area contributed by atoms with Gasteiger partial charge in [-0.15, -0.1) is 11.7 Å². The second-order valence-corrected chi connectivity index (χ2v) is 8.27. The van der Waals surface area contributed by atoms with Crippen molar-refractivity contribution in [3.05, 3.63) is 103 Å². The maximum atomic E-state index is 6.24. The number of hydrogen-bond donors (Lipinski definition) is 2. The van der Waals surface area contributed by atoms with E-state index < -0.39 is 0 Å². The zero-order chi connectivity index (χ0) is 23.5. The van der Waals surface area contributed by atoms with E-state index in [1.165, 1.54) is 0 Å². The van der Waals surface area contributed by atoms with Crippen LogP contribution in [0.1, 0.15) is 5.56 Å². The second kappa shape index (κ2) is 9.37. The molecule has 2 aromatic heterocycles. The number of fused-ring (bicyclic) bond motifs is 2. The van der Waals surface area contributed by atoms with E-state index in [9.17, 15) is 0 Å². The average molecular weight is 466 g/mol. The van der Waals surface area contributed by atoms with Crippen LogP contribution in [0.5, 0.6) is 0 Å². The molecular weight excluding hydrogens is 442 g/mol. The molecule has 0 aliphatic rings. The largest absolute Gasteiger partial charge is 0.463 e. The first-order valence-electron chi connectivity index (χ1n) is 10.9. The summed E-state index contributed by atoms with van der Waals surface area (Å²) in [5.41, 5.74) is 9.90. The summed E-state index contributed by atoms with van der Waals surface area (Å²) in [6.45, 7) is 6.23. The lowest BCUT2D eigenvalue weighted by atomic mass is 9.96. The molecule has 168 valence electrons. The summed E-state index contributed by atoms with van der Waals surface area (Å²) in [7, 11) is 0. The molecule has 0 spiro atoms. The zero-order valence-electron chi connectivity index (χ0n) is 18.7. The molecule has 0 atom stereocenters. The molecule has 2 heterocycles. The lowest BCUT2D eigenvalue weighted by molar-refractivity contribution is 0.527. The van der Waals surface area contributed by atoms with Crippen LogP contribution in [0.4, 0.5) is 0 Å². The smallest absolute Gasteiger partial charge is 0.237 e. The molecule has 0 fully saturated rings. The number of nitrogens with one attached hydrogen (secondary N) is 2. The number of aryl methyl sites for hydroxylation is 1. The third-order valence-corrected chi connectivity index (χ3v) is 5.89. The normalized spacial score (nSPS) is 11.6. The fourth-order valence-corrected chi connectivity index (χ4v) is 4.17. The average Bonchev–Trinajstić information content (AvgIpc) is 3.31. The van der Waals surface area contributed by atoms with E-state index in [4.69, 9.17) is 21.1 Å². The fraction of sp³-hybridized carbons (Fsp3) is 0.0714. The van der Waals surface area contributed by atoms with Gasteiger partial charge in [-0.1, -0.05) is 66.7 Å². The molecule has 0 aliphatic carbocycles. The highest BCUT2D eigenvalue weighted by atomic mass is 32.1. The van der Waals surface area contributed by atoms with E-state index in [0.29, 0.717) is 22.8 Å². The summed E-state index contributed by atoms with van der Waals surface area (Å²) in [6.07, 6.45) is 3.54. The van der Waals surface area contributed by atoms with Gasteiger partial charge in [-0.2, -0.15) is 0 Å². The van der Waals surface area contributed by atoms with E-state index in [0.717, 1.165) is 44.2 Å². The molecule has 0 amide bonds. The summed E-state index contributed by atoms with van der Waals surface area (Å²) in [5, 5.41) is 9.80. The van der Waals surface area contributed by atoms with Gasteiger partial charge in [0.25, 0.3) is 0 Å². The maximum absolute atomic E-state index is 6.24. The van der Waals surface area contributed by atoms with Gasteiger partial charge in [-0.3, -0.25) is 5.43 Å². The van der Waals surface area contributed by atoms with Crippen LogP contribution in [0.15, 0.2) is 106 Å². The number of hydrogen-bond acceptors (Lipinski definition) is 4. The summed E-state index contributed by atoms with van der Waals surface area (Å²) in [6, 6.07) is 24.5. The van der Waals surface area contributed by atoms with Crippen LogP contribution in [0.2, 0.25) is 0 Å². The summed E-state index contributed by atoms with van der Waals surface area (Å²) >= 11 is 5.26. The van der Waals surface area contributed by atoms with Crippen molar-refractivity contribution in [2.75, 3.05) is 6.54 Å². The monoisotopic (exact) mass is 465 g/mol. The Balaban J connectivity index is 1.74. The molecule has 5 nitrogen and oxygen atoms in total. The van der Waals surface area contributed by atoms with Crippen LogP contribution in [0, 0.1) is 6.92 Å². The van der Waals surface area contributed by atoms with Crippen molar-refractivity contribution in [2.24, 2.45) is 5.10 Å². The number of nitrogens with zero attached hydrogens (tertiary/aromatic N) is 1. The van der Waals surface area contributed by atoms with E-state index in [1.807, 2.05) is 55.7 Å². The molecular formula is C28H23N3O2S. The Bertz CT molecular complexity index is 1570. The Morgan fingerprint density at radius 2 is 1.59 bits per heavy atom. The number of benzene rings is 3. The lowest BCUT2D eigenvalue weighted by Gasteiger charge is -2.10. The van der Waals surface area contributed by atoms with Crippen molar-refractivity contribution < 1.29 is 8.83 Å². The molecule has 5 rings (SSSR count). The molecule has 0 radical (unpaired) electrons. The first-order valence-corrected chi connectivity index (χ1v) is 11.3. The molecule has 0 saturated carbocycles. The fourth-order valence-electron chi connectivity index (χ4n) is 4.05. The third-order valence-electron chi connectivity index (χ3n) is 5.65. The Hall–Kier alpha value is -4.16. The third kappa shape index (κ3) is 4.11. The minimum atomic E-state index is 0.391. The minimum absolute atomic E-state index is 0.391. The van der Waals surface area contributed by atoms with Crippen molar-refractivity contribution >= 4 is 39.3 Å². The van der Waals surface area contributed by atoms with Crippen molar-refractivity contribution in [3.63, 3.8) is 0 Å². The maximum Gasteiger partial charge on any atom is 0.237 e. The Labute approximate surface area is 202 Å². The molecule has 3 aromatic carbocycles. The van der Waals surface area contributed by atoms with Gasteiger partial charge in [0.1, 0.15) is 11.2 Å². The predicted octanol–water partition coefficient (Wildman–Crippen LogP) is 6.29. The molecule has 5 aromatic rings. The molecule has 34 heavy (non-hydrogen) atoms. The Morgan fingerprint density at radius 1 is 0.941 bits per heavy atom. The van der Waals surface area contributed by atoms with Crippen LogP contribution < -0.4 is 16.3 Å². The highest BCUT2D eigenvalue weighted by Crippen LogP contribution is 2.38. The van der Waals surface area contributed by atoms with Gasteiger partial charge >= 0.3 is 0 Å². The van der Waals surface area contributed by atoms with Crippen LogP contribution in [0.25, 0.3) is 44.2 Å². The van der Waals surface area contributed by atoms with Gasteiger partial charge in [0.15, 0.2) is 5.11 Å². The van der Waals surface area contributed by atoms with Gasteiger partial charge in [-0.05, 0) is 41.9 Å². The highest BCUT2D eigenvalue weighted by Gasteiger charge is 2.17. The summed E-state index contributed by atoms with van der Waals surface area (Å²) in [5.74, 6) is 0. The number of rotatable bonds is 5. The van der Waals surface area contributed by atoms with Gasteiger partial charge in [0.05, 0.1) is 6.26 Å². The quantitative estimate of drug-likeness (QED) is 0.182. The predicted molar refractivity (Wildman–Crippen MR) is 141 cm³/mol. The van der Waals surface area contributed by atoms with Crippen LogP contribution >= 0.6 is 12.2 Å². The first kappa shape index (κ1) is 21.7. The summed E-state index contributed by atoms with van der Waals surface area (Å²) in [4.78, 5) is 0. The number of furan rings is 1. The van der Waals surface area contributed by atoms with E-state index in [-0.39, 0.29) is 0 Å². The number of thiocarbonyl (C=S) groups is 1. The van der Waals surface area contributed by atoms with Crippen molar-refractivity contribution in [1.29, 1.82) is 0 Å².